The molecule has 1 saturated carbocycles. The summed E-state index contributed by atoms with van der Waals surface area (Å²) in [4.78, 5) is 34.0. The highest BCUT2D eigenvalue weighted by atomic mass is 16.7. The molecule has 1 aliphatic rings. The van der Waals surface area contributed by atoms with Crippen molar-refractivity contribution in [1.82, 2.24) is 9.71 Å². The van der Waals surface area contributed by atoms with Crippen LogP contribution in [0.5, 0.6) is 0 Å². The number of aryl methyl sites for hydroxylation is 1. The molecule has 0 unspecified atom stereocenters. The zero-order valence-corrected chi connectivity index (χ0v) is 11.3. The Labute approximate surface area is 116 Å². The van der Waals surface area contributed by atoms with E-state index in [1.807, 2.05) is 6.07 Å². The Morgan fingerprint density at radius 1 is 1.30 bits per heavy atom. The molecule has 20 heavy (non-hydrogen) atoms. The standard InChI is InChI=1S/C15H16N2O3/c1-10-16-13-9-5-4-8-12(13)14(18)17(10)20-15(19)11-6-2-3-7-11/h4-5,8-9,11H,2-3,6-7H2,1H3. The molecule has 104 valence electrons. The lowest BCUT2D eigenvalue weighted by Crippen LogP contribution is -2.35. The molecule has 3 rings (SSSR count). The third-order valence-corrected chi connectivity index (χ3v) is 3.76. The molecule has 1 aliphatic carbocycles. The minimum Gasteiger partial charge on any atom is -0.331 e. The van der Waals surface area contributed by atoms with Gasteiger partial charge in [-0.15, -0.1) is 4.73 Å². The van der Waals surface area contributed by atoms with E-state index in [-0.39, 0.29) is 17.4 Å². The number of benzene rings is 1. The second-order valence-electron chi connectivity index (χ2n) is 5.17. The zero-order valence-electron chi connectivity index (χ0n) is 11.3. The van der Waals surface area contributed by atoms with E-state index < -0.39 is 0 Å². The molecular weight excluding hydrogens is 256 g/mol. The molecule has 1 heterocycles. The number of fused-ring (bicyclic) bond motifs is 1. The van der Waals surface area contributed by atoms with Crippen molar-refractivity contribution in [2.75, 3.05) is 0 Å². The van der Waals surface area contributed by atoms with Crippen LogP contribution in [0.25, 0.3) is 10.9 Å². The van der Waals surface area contributed by atoms with Gasteiger partial charge in [0.2, 0.25) is 0 Å². The van der Waals surface area contributed by atoms with E-state index in [2.05, 4.69) is 4.98 Å². The molecule has 5 heteroatoms. The SMILES string of the molecule is Cc1nc2ccccc2c(=O)n1OC(=O)C1CCCC1. The van der Waals surface area contributed by atoms with Gasteiger partial charge in [-0.3, -0.25) is 4.79 Å². The Hall–Kier alpha value is -2.17. The van der Waals surface area contributed by atoms with Crippen molar-refractivity contribution in [2.24, 2.45) is 5.92 Å². The number of carbonyl (C=O) groups is 1. The van der Waals surface area contributed by atoms with E-state index in [4.69, 9.17) is 4.84 Å². The highest BCUT2D eigenvalue weighted by Crippen LogP contribution is 2.25. The Balaban J connectivity index is 1.98. The molecule has 0 spiro atoms. The Morgan fingerprint density at radius 2 is 2.00 bits per heavy atom. The van der Waals surface area contributed by atoms with E-state index >= 15 is 0 Å². The number of rotatable bonds is 2. The van der Waals surface area contributed by atoms with Crippen LogP contribution in [0.2, 0.25) is 0 Å². The fraction of sp³-hybridized carbons (Fsp3) is 0.400. The smallest absolute Gasteiger partial charge is 0.331 e. The van der Waals surface area contributed by atoms with Crippen LogP contribution in [0.3, 0.4) is 0 Å². The number of para-hydroxylation sites is 1. The maximum absolute atomic E-state index is 12.3. The summed E-state index contributed by atoms with van der Waals surface area (Å²) >= 11 is 0. The van der Waals surface area contributed by atoms with Gasteiger partial charge in [0, 0.05) is 0 Å². The van der Waals surface area contributed by atoms with Crippen LogP contribution >= 0.6 is 0 Å². The molecule has 0 atom stereocenters. The molecule has 1 fully saturated rings. The third kappa shape index (κ3) is 2.19. The summed E-state index contributed by atoms with van der Waals surface area (Å²) in [6.07, 6.45) is 3.77. The molecule has 0 aliphatic heterocycles. The zero-order chi connectivity index (χ0) is 14.1. The van der Waals surface area contributed by atoms with E-state index in [0.29, 0.717) is 16.7 Å². The van der Waals surface area contributed by atoms with Crippen molar-refractivity contribution >= 4 is 16.9 Å². The molecule has 1 aromatic carbocycles. The number of nitrogens with zero attached hydrogens (tertiary/aromatic N) is 2. The van der Waals surface area contributed by atoms with Crippen LogP contribution in [-0.4, -0.2) is 15.7 Å². The first-order chi connectivity index (χ1) is 9.66. The summed E-state index contributed by atoms with van der Waals surface area (Å²) in [6, 6.07) is 7.05. The molecule has 2 aromatic rings. The van der Waals surface area contributed by atoms with Crippen molar-refractivity contribution in [3.63, 3.8) is 0 Å². The molecule has 5 nitrogen and oxygen atoms in total. The van der Waals surface area contributed by atoms with Gasteiger partial charge in [0.1, 0.15) is 5.82 Å². The van der Waals surface area contributed by atoms with Crippen molar-refractivity contribution in [3.8, 4) is 0 Å². The highest BCUT2D eigenvalue weighted by molar-refractivity contribution is 5.78. The lowest BCUT2D eigenvalue weighted by atomic mass is 10.1. The monoisotopic (exact) mass is 272 g/mol. The van der Waals surface area contributed by atoms with Gasteiger partial charge in [0.05, 0.1) is 16.8 Å². The first-order valence-corrected chi connectivity index (χ1v) is 6.87. The molecule has 1 aromatic heterocycles. The molecule has 0 N–H and O–H groups in total. The largest absolute Gasteiger partial charge is 0.336 e. The van der Waals surface area contributed by atoms with Crippen LogP contribution in [0, 0.1) is 12.8 Å². The summed E-state index contributed by atoms with van der Waals surface area (Å²) in [5.41, 5.74) is 0.280. The normalized spacial score (nSPS) is 15.7. The Morgan fingerprint density at radius 3 is 2.75 bits per heavy atom. The van der Waals surface area contributed by atoms with Gasteiger partial charge in [-0.25, -0.2) is 9.78 Å². The summed E-state index contributed by atoms with van der Waals surface area (Å²) < 4.78 is 1.02. The number of carbonyl (C=O) groups excluding carboxylic acids is 1. The molecule has 0 radical (unpaired) electrons. The highest BCUT2D eigenvalue weighted by Gasteiger charge is 2.26. The third-order valence-electron chi connectivity index (χ3n) is 3.76. The summed E-state index contributed by atoms with van der Waals surface area (Å²) in [5, 5.41) is 0.456. The number of hydrogen-bond acceptors (Lipinski definition) is 4. The van der Waals surface area contributed by atoms with Crippen molar-refractivity contribution in [1.29, 1.82) is 0 Å². The lowest BCUT2D eigenvalue weighted by molar-refractivity contribution is -0.149. The maximum atomic E-state index is 12.3. The predicted molar refractivity (Wildman–Crippen MR) is 74.3 cm³/mol. The van der Waals surface area contributed by atoms with Gasteiger partial charge in [-0.2, -0.15) is 0 Å². The quantitative estimate of drug-likeness (QED) is 0.837. The maximum Gasteiger partial charge on any atom is 0.336 e. The van der Waals surface area contributed by atoms with Gasteiger partial charge in [-0.05, 0) is 31.9 Å². The second-order valence-corrected chi connectivity index (χ2v) is 5.17. The average molecular weight is 272 g/mol. The van der Waals surface area contributed by atoms with E-state index in [9.17, 15) is 9.59 Å². The molecule has 0 amide bonds. The van der Waals surface area contributed by atoms with Crippen LogP contribution < -0.4 is 10.4 Å². The molecular formula is C15H16N2O3. The summed E-state index contributed by atoms with van der Waals surface area (Å²) in [7, 11) is 0. The minimum absolute atomic E-state index is 0.0900. The van der Waals surface area contributed by atoms with E-state index in [1.54, 1.807) is 25.1 Å². The summed E-state index contributed by atoms with van der Waals surface area (Å²) in [6.45, 7) is 1.66. The lowest BCUT2D eigenvalue weighted by Gasteiger charge is -2.12. The topological polar surface area (TPSA) is 61.2 Å². The van der Waals surface area contributed by atoms with Crippen molar-refractivity contribution < 1.29 is 9.63 Å². The molecule has 0 saturated heterocycles. The van der Waals surface area contributed by atoms with Gasteiger partial charge in [0.15, 0.2) is 0 Å². The van der Waals surface area contributed by atoms with Crippen LogP contribution in [-0.2, 0) is 4.79 Å². The van der Waals surface area contributed by atoms with E-state index in [0.717, 1.165) is 30.4 Å². The fourth-order valence-corrected chi connectivity index (χ4v) is 2.66. The number of aromatic nitrogens is 2. The Kier molecular flexibility index (Phi) is 3.26. The van der Waals surface area contributed by atoms with Gasteiger partial charge >= 0.3 is 5.97 Å². The van der Waals surface area contributed by atoms with Gasteiger partial charge in [0.25, 0.3) is 5.56 Å². The van der Waals surface area contributed by atoms with Crippen molar-refractivity contribution in [2.45, 2.75) is 32.6 Å². The average Bonchev–Trinajstić information content (AvgIpc) is 2.97. The Bertz CT molecular complexity index is 715. The molecule has 0 bridgehead atoms. The predicted octanol–water partition coefficient (Wildman–Crippen LogP) is 1.85. The van der Waals surface area contributed by atoms with Crippen LogP contribution in [0.4, 0.5) is 0 Å². The first-order valence-electron chi connectivity index (χ1n) is 6.87. The van der Waals surface area contributed by atoms with Crippen LogP contribution in [0.15, 0.2) is 29.1 Å². The van der Waals surface area contributed by atoms with Gasteiger partial charge in [-0.1, -0.05) is 25.0 Å². The van der Waals surface area contributed by atoms with Crippen LogP contribution in [0.1, 0.15) is 31.5 Å². The van der Waals surface area contributed by atoms with E-state index in [1.165, 1.54) is 0 Å². The second kappa shape index (κ2) is 5.07. The first kappa shape index (κ1) is 12.8. The number of hydrogen-bond donors (Lipinski definition) is 0. The van der Waals surface area contributed by atoms with Gasteiger partial charge < -0.3 is 4.84 Å². The summed E-state index contributed by atoms with van der Waals surface area (Å²) in [5.74, 6) is -0.0300. The fourth-order valence-electron chi connectivity index (χ4n) is 2.66. The minimum atomic E-state index is -0.334. The van der Waals surface area contributed by atoms with Crippen molar-refractivity contribution in [3.05, 3.63) is 40.4 Å².